The second-order valence-corrected chi connectivity index (χ2v) is 5.07. The molecule has 0 spiro atoms. The second kappa shape index (κ2) is 5.97. The number of benzene rings is 2. The van der Waals surface area contributed by atoms with Crippen molar-refractivity contribution in [1.82, 2.24) is 0 Å². The quantitative estimate of drug-likeness (QED) is 0.832. The molecule has 0 aromatic heterocycles. The summed E-state index contributed by atoms with van der Waals surface area (Å²) in [7, 11) is 1.93. The maximum atomic E-state index is 9.17. The van der Waals surface area contributed by atoms with Crippen LogP contribution in [0.15, 0.2) is 42.5 Å². The van der Waals surface area contributed by atoms with E-state index >= 15 is 0 Å². The SMILES string of the molecule is CN(Cc1ccc(Cl)cc1)c1cccc(Cl)c1C#N. The molecule has 4 heteroatoms. The lowest BCUT2D eigenvalue weighted by molar-refractivity contribution is 0.921. The number of nitrogens with zero attached hydrogens (tertiary/aromatic N) is 2. The first-order valence-electron chi connectivity index (χ1n) is 5.76. The molecule has 96 valence electrons. The number of rotatable bonds is 3. The molecule has 0 fully saturated rings. The van der Waals surface area contributed by atoms with Gasteiger partial charge in [0, 0.05) is 18.6 Å². The number of nitriles is 1. The molecule has 0 bridgehead atoms. The predicted molar refractivity (Wildman–Crippen MR) is 79.7 cm³/mol. The Labute approximate surface area is 122 Å². The van der Waals surface area contributed by atoms with Crippen molar-refractivity contribution in [2.45, 2.75) is 6.54 Å². The second-order valence-electron chi connectivity index (χ2n) is 4.23. The van der Waals surface area contributed by atoms with Gasteiger partial charge in [0.15, 0.2) is 0 Å². The van der Waals surface area contributed by atoms with Crippen molar-refractivity contribution in [2.24, 2.45) is 0 Å². The molecule has 0 N–H and O–H groups in total. The lowest BCUT2D eigenvalue weighted by Crippen LogP contribution is -2.17. The molecule has 2 nitrogen and oxygen atoms in total. The monoisotopic (exact) mass is 290 g/mol. The minimum Gasteiger partial charge on any atom is -0.369 e. The fraction of sp³-hybridized carbons (Fsp3) is 0.133. The van der Waals surface area contributed by atoms with Crippen molar-refractivity contribution < 1.29 is 0 Å². The van der Waals surface area contributed by atoms with E-state index in [-0.39, 0.29) is 0 Å². The van der Waals surface area contributed by atoms with Crippen molar-refractivity contribution in [3.8, 4) is 6.07 Å². The molecule has 0 amide bonds. The van der Waals surface area contributed by atoms with E-state index in [0.29, 0.717) is 22.2 Å². The first-order valence-corrected chi connectivity index (χ1v) is 6.51. The van der Waals surface area contributed by atoms with Crippen molar-refractivity contribution in [1.29, 1.82) is 5.26 Å². The molecule has 0 heterocycles. The minimum absolute atomic E-state index is 0.475. The smallest absolute Gasteiger partial charge is 0.103 e. The molecule has 0 unspecified atom stereocenters. The molecule has 2 aromatic carbocycles. The predicted octanol–water partition coefficient (Wildman–Crippen LogP) is 4.50. The van der Waals surface area contributed by atoms with Crippen LogP contribution < -0.4 is 4.90 Å². The Morgan fingerprint density at radius 1 is 1.11 bits per heavy atom. The standard InChI is InChI=1S/C15H12Cl2N2/c1-19(10-11-5-7-12(16)8-6-11)15-4-2-3-14(17)13(15)9-18/h2-8H,10H2,1H3. The lowest BCUT2D eigenvalue weighted by Gasteiger charge is -2.21. The Bertz CT molecular complexity index is 615. The Morgan fingerprint density at radius 2 is 1.79 bits per heavy atom. The van der Waals surface area contributed by atoms with E-state index in [1.165, 1.54) is 0 Å². The van der Waals surface area contributed by atoms with E-state index < -0.39 is 0 Å². The molecule has 0 saturated heterocycles. The number of halogens is 2. The molecule has 19 heavy (non-hydrogen) atoms. The largest absolute Gasteiger partial charge is 0.369 e. The van der Waals surface area contributed by atoms with Gasteiger partial charge in [-0.3, -0.25) is 0 Å². The molecule has 0 aliphatic rings. The molecule has 0 aliphatic heterocycles. The van der Waals surface area contributed by atoms with Crippen LogP contribution in [0.25, 0.3) is 0 Å². The Kier molecular flexibility index (Phi) is 4.31. The number of hydrogen-bond donors (Lipinski definition) is 0. The van der Waals surface area contributed by atoms with Gasteiger partial charge in [0.1, 0.15) is 6.07 Å². The summed E-state index contributed by atoms with van der Waals surface area (Å²) in [5.74, 6) is 0. The summed E-state index contributed by atoms with van der Waals surface area (Å²) in [6.07, 6.45) is 0. The molecular formula is C15H12Cl2N2. The third-order valence-electron chi connectivity index (χ3n) is 2.85. The van der Waals surface area contributed by atoms with Crippen molar-refractivity contribution in [3.05, 3.63) is 63.6 Å². The van der Waals surface area contributed by atoms with E-state index in [9.17, 15) is 5.26 Å². The molecule has 0 atom stereocenters. The van der Waals surface area contributed by atoms with Crippen molar-refractivity contribution in [3.63, 3.8) is 0 Å². The fourth-order valence-electron chi connectivity index (χ4n) is 1.89. The zero-order valence-electron chi connectivity index (χ0n) is 10.4. The summed E-state index contributed by atoms with van der Waals surface area (Å²) >= 11 is 11.9. The van der Waals surface area contributed by atoms with E-state index in [2.05, 4.69) is 6.07 Å². The maximum absolute atomic E-state index is 9.17. The summed E-state index contributed by atoms with van der Waals surface area (Å²) in [5.41, 5.74) is 2.45. The highest BCUT2D eigenvalue weighted by Gasteiger charge is 2.10. The van der Waals surface area contributed by atoms with E-state index in [1.54, 1.807) is 6.07 Å². The average Bonchev–Trinajstić information content (AvgIpc) is 2.41. The molecule has 0 radical (unpaired) electrons. The molecule has 0 saturated carbocycles. The van der Waals surface area contributed by atoms with E-state index in [0.717, 1.165) is 11.3 Å². The Hall–Kier alpha value is -1.69. The highest BCUT2D eigenvalue weighted by molar-refractivity contribution is 6.32. The van der Waals surface area contributed by atoms with Gasteiger partial charge in [0.05, 0.1) is 16.3 Å². The van der Waals surface area contributed by atoms with Crippen LogP contribution in [0.2, 0.25) is 10.0 Å². The van der Waals surface area contributed by atoms with Crippen LogP contribution in [0.1, 0.15) is 11.1 Å². The van der Waals surface area contributed by atoms with Gasteiger partial charge in [-0.2, -0.15) is 5.26 Å². The normalized spacial score (nSPS) is 10.0. The average molecular weight is 291 g/mol. The zero-order valence-corrected chi connectivity index (χ0v) is 11.9. The van der Waals surface area contributed by atoms with Crippen LogP contribution in [0.4, 0.5) is 5.69 Å². The van der Waals surface area contributed by atoms with Gasteiger partial charge in [-0.15, -0.1) is 0 Å². The minimum atomic E-state index is 0.475. The molecule has 2 rings (SSSR count). The van der Waals surface area contributed by atoms with Crippen LogP contribution in [-0.4, -0.2) is 7.05 Å². The third-order valence-corrected chi connectivity index (χ3v) is 3.41. The van der Waals surface area contributed by atoms with Crippen LogP contribution in [0.3, 0.4) is 0 Å². The van der Waals surface area contributed by atoms with Crippen LogP contribution in [-0.2, 0) is 6.54 Å². The van der Waals surface area contributed by atoms with Crippen LogP contribution in [0.5, 0.6) is 0 Å². The van der Waals surface area contributed by atoms with Gasteiger partial charge in [-0.1, -0.05) is 41.4 Å². The summed E-state index contributed by atoms with van der Waals surface area (Å²) in [4.78, 5) is 1.99. The zero-order chi connectivity index (χ0) is 13.8. The first-order chi connectivity index (χ1) is 9.11. The maximum Gasteiger partial charge on any atom is 0.103 e. The highest BCUT2D eigenvalue weighted by atomic mass is 35.5. The van der Waals surface area contributed by atoms with Crippen LogP contribution in [0, 0.1) is 11.3 Å². The van der Waals surface area contributed by atoms with Gasteiger partial charge in [-0.25, -0.2) is 0 Å². The molecule has 0 aliphatic carbocycles. The summed E-state index contributed by atoms with van der Waals surface area (Å²) < 4.78 is 0. The van der Waals surface area contributed by atoms with E-state index in [4.69, 9.17) is 23.2 Å². The van der Waals surface area contributed by atoms with Crippen molar-refractivity contribution >= 4 is 28.9 Å². The van der Waals surface area contributed by atoms with E-state index in [1.807, 2.05) is 48.3 Å². The fourth-order valence-corrected chi connectivity index (χ4v) is 2.23. The van der Waals surface area contributed by atoms with Gasteiger partial charge in [0.2, 0.25) is 0 Å². The first kappa shape index (κ1) is 13.7. The Balaban J connectivity index is 2.25. The van der Waals surface area contributed by atoms with Gasteiger partial charge in [-0.05, 0) is 29.8 Å². The van der Waals surface area contributed by atoms with Gasteiger partial charge >= 0.3 is 0 Å². The van der Waals surface area contributed by atoms with Crippen molar-refractivity contribution in [2.75, 3.05) is 11.9 Å². The number of anilines is 1. The van der Waals surface area contributed by atoms with Gasteiger partial charge < -0.3 is 4.90 Å². The summed E-state index contributed by atoms with van der Waals surface area (Å²) in [5, 5.41) is 10.4. The Morgan fingerprint density at radius 3 is 2.42 bits per heavy atom. The topological polar surface area (TPSA) is 27.0 Å². The summed E-state index contributed by atoms with van der Waals surface area (Å²) in [6, 6.07) is 15.2. The van der Waals surface area contributed by atoms with Crippen LogP contribution >= 0.6 is 23.2 Å². The third kappa shape index (κ3) is 3.20. The lowest BCUT2D eigenvalue weighted by atomic mass is 10.1. The molecular weight excluding hydrogens is 279 g/mol. The highest BCUT2D eigenvalue weighted by Crippen LogP contribution is 2.27. The van der Waals surface area contributed by atoms with Gasteiger partial charge in [0.25, 0.3) is 0 Å². The molecule has 2 aromatic rings. The number of hydrogen-bond acceptors (Lipinski definition) is 2. The summed E-state index contributed by atoms with van der Waals surface area (Å²) in [6.45, 7) is 0.687.